The number of benzene rings is 2. The zero-order chi connectivity index (χ0) is 25.4. The van der Waals surface area contributed by atoms with Gasteiger partial charge in [0.15, 0.2) is 5.97 Å². The van der Waals surface area contributed by atoms with Crippen molar-refractivity contribution in [1.82, 2.24) is 9.78 Å². The van der Waals surface area contributed by atoms with Crippen LogP contribution in [0.15, 0.2) is 53.3 Å². The number of carbonyl (C=O) groups is 2. The highest BCUT2D eigenvalue weighted by Gasteiger charge is 2.26. The number of quaternary nitrogens is 1. The topological polar surface area (TPSA) is 126 Å². The molecule has 9 nitrogen and oxygen atoms in total. The fourth-order valence-corrected chi connectivity index (χ4v) is 4.20. The third kappa shape index (κ3) is 6.93. The number of halogens is 1. The number of aromatic nitrogens is 2. The predicted octanol–water partition coefficient (Wildman–Crippen LogP) is -0.186. The first kappa shape index (κ1) is 26.0. The van der Waals surface area contributed by atoms with E-state index in [-0.39, 0.29) is 17.4 Å². The monoisotopic (exact) mass is 485 g/mol. The van der Waals surface area contributed by atoms with Crippen LogP contribution in [-0.2, 0) is 20.7 Å². The average molecular weight is 486 g/mol. The van der Waals surface area contributed by atoms with Crippen molar-refractivity contribution in [3.63, 3.8) is 0 Å². The van der Waals surface area contributed by atoms with Gasteiger partial charge in [0.1, 0.15) is 12.4 Å². The number of hydrogen-bond acceptors (Lipinski definition) is 6. The Labute approximate surface area is 201 Å². The number of likely N-dealkylation sites (tertiary alicyclic amines) is 1. The summed E-state index contributed by atoms with van der Waals surface area (Å²) in [5.74, 6) is -4.26. The summed E-state index contributed by atoms with van der Waals surface area (Å²) >= 11 is 0. The molecule has 2 N–H and O–H groups in total. The Morgan fingerprint density at radius 1 is 1.14 bits per heavy atom. The lowest BCUT2D eigenvalue weighted by molar-refractivity contribution is -0.906. The molecular weight excluding hydrogens is 457 g/mol. The van der Waals surface area contributed by atoms with Gasteiger partial charge >= 0.3 is 5.97 Å². The Kier molecular flexibility index (Phi) is 9.04. The van der Waals surface area contributed by atoms with Crippen molar-refractivity contribution in [3.8, 4) is 0 Å². The van der Waals surface area contributed by atoms with Crippen LogP contribution < -0.4 is 15.6 Å². The van der Waals surface area contributed by atoms with Gasteiger partial charge in [0.25, 0.3) is 5.56 Å². The van der Waals surface area contributed by atoms with E-state index in [1.807, 2.05) is 24.3 Å². The molecular formula is C25H28FN3O6. The lowest BCUT2D eigenvalue weighted by Gasteiger charge is -2.30. The molecule has 186 valence electrons. The van der Waals surface area contributed by atoms with E-state index in [0.29, 0.717) is 11.8 Å². The van der Waals surface area contributed by atoms with Crippen molar-refractivity contribution in [2.75, 3.05) is 33.4 Å². The second-order valence-electron chi connectivity index (χ2n) is 8.36. The molecule has 1 aliphatic rings. The highest BCUT2D eigenvalue weighted by molar-refractivity contribution is 6.26. The molecule has 1 aromatic heterocycles. The summed E-state index contributed by atoms with van der Waals surface area (Å²) in [5, 5.41) is 22.7. The number of nitrogens with one attached hydrogen (secondary N) is 1. The molecule has 0 bridgehead atoms. The van der Waals surface area contributed by atoms with Gasteiger partial charge in [-0.1, -0.05) is 30.3 Å². The zero-order valence-corrected chi connectivity index (χ0v) is 19.4. The van der Waals surface area contributed by atoms with E-state index in [2.05, 4.69) is 0 Å². The van der Waals surface area contributed by atoms with E-state index in [1.54, 1.807) is 23.9 Å². The van der Waals surface area contributed by atoms with Crippen molar-refractivity contribution in [3.05, 3.63) is 76.0 Å². The van der Waals surface area contributed by atoms with E-state index < -0.39 is 11.9 Å². The molecule has 0 amide bonds. The van der Waals surface area contributed by atoms with Crippen LogP contribution in [0.25, 0.3) is 10.8 Å². The Bertz CT molecular complexity index is 1210. The number of rotatable bonds is 6. The minimum absolute atomic E-state index is 0.0196. The first-order valence-electron chi connectivity index (χ1n) is 11.3. The number of fused-ring (bicyclic) bond motifs is 1. The molecule has 0 spiro atoms. The molecule has 10 heteroatoms. The Balaban J connectivity index is 0.000000509. The van der Waals surface area contributed by atoms with Crippen LogP contribution in [0, 0.1) is 5.82 Å². The van der Waals surface area contributed by atoms with E-state index in [9.17, 15) is 9.18 Å². The Hall–Kier alpha value is -3.63. The van der Waals surface area contributed by atoms with Crippen LogP contribution in [0.4, 0.5) is 4.39 Å². The number of methoxy groups -OCH3 is 1. The molecule has 0 radical (unpaired) electrons. The molecule has 0 unspecified atom stereocenters. The van der Waals surface area contributed by atoms with E-state index in [1.165, 1.54) is 17.0 Å². The molecule has 35 heavy (non-hydrogen) atoms. The molecule has 0 saturated carbocycles. The lowest BCUT2D eigenvalue weighted by Crippen LogP contribution is -3.13. The minimum atomic E-state index is -2.07. The summed E-state index contributed by atoms with van der Waals surface area (Å²) < 4.78 is 20.2. The van der Waals surface area contributed by atoms with E-state index in [4.69, 9.17) is 29.6 Å². The first-order valence-corrected chi connectivity index (χ1v) is 11.3. The normalized spacial score (nSPS) is 17.4. The van der Waals surface area contributed by atoms with Crippen LogP contribution in [0.3, 0.4) is 0 Å². The molecule has 1 saturated heterocycles. The van der Waals surface area contributed by atoms with E-state index in [0.717, 1.165) is 55.7 Å². The largest absolute Gasteiger partial charge is 0.539 e. The third-order valence-electron chi connectivity index (χ3n) is 6.03. The second-order valence-corrected chi connectivity index (χ2v) is 8.36. The first-order chi connectivity index (χ1) is 16.8. The zero-order valence-electron chi connectivity index (χ0n) is 19.4. The van der Waals surface area contributed by atoms with Gasteiger partial charge in [0.05, 0.1) is 36.8 Å². The number of piperidine rings is 1. The van der Waals surface area contributed by atoms with Gasteiger partial charge in [-0.05, 0) is 23.8 Å². The number of carboxylic acids is 2. The molecule has 2 heterocycles. The number of aliphatic carboxylic acids is 2. The standard InChI is InChI=1S/C23H26FN3O2.C2H2O4/c1-29-15-14-26-12-10-19(11-13-26)27-23(28)21-5-3-2-4-20(21)22(25-27)16-17-6-8-18(24)9-7-17;3-1(4)2(5)6/h2-9,19H,10-16H2,1H3;(H,3,4)(H,5,6). The van der Waals surface area contributed by atoms with Crippen LogP contribution >= 0.6 is 0 Å². The van der Waals surface area contributed by atoms with E-state index >= 15 is 0 Å². The van der Waals surface area contributed by atoms with Crippen LogP contribution in [-0.4, -0.2) is 60.2 Å². The summed E-state index contributed by atoms with van der Waals surface area (Å²) in [5.41, 5.74) is 1.82. The molecule has 3 aromatic rings. The van der Waals surface area contributed by atoms with Crippen molar-refractivity contribution < 1.29 is 33.8 Å². The Morgan fingerprint density at radius 2 is 1.74 bits per heavy atom. The highest BCUT2D eigenvalue weighted by atomic mass is 19.1. The molecule has 1 fully saturated rings. The predicted molar refractivity (Wildman–Crippen MR) is 124 cm³/mol. The summed E-state index contributed by atoms with van der Waals surface area (Å²) in [7, 11) is 1.73. The van der Waals surface area contributed by atoms with Gasteiger partial charge in [-0.15, -0.1) is 0 Å². The maximum atomic E-state index is 13.3. The quantitative estimate of drug-likeness (QED) is 0.464. The average Bonchev–Trinajstić information content (AvgIpc) is 2.86. The van der Waals surface area contributed by atoms with Gasteiger partial charge in [-0.25, -0.2) is 13.9 Å². The Morgan fingerprint density at radius 3 is 2.31 bits per heavy atom. The van der Waals surface area contributed by atoms with Crippen LogP contribution in [0.2, 0.25) is 0 Å². The SMILES string of the molecule is COCC[NH+]1CCC(n2nc(Cc3ccc(F)cc3)c3ccccc3c2=O)CC1.O=C([O-])C(=O)O. The summed E-state index contributed by atoms with van der Waals surface area (Å²) in [6.45, 7) is 3.79. The van der Waals surface area contributed by atoms with Gasteiger partial charge in [0.2, 0.25) is 0 Å². The number of hydrogen-bond donors (Lipinski definition) is 2. The summed E-state index contributed by atoms with van der Waals surface area (Å²) in [6.07, 6.45) is 2.43. The van der Waals surface area contributed by atoms with Crippen molar-refractivity contribution in [2.24, 2.45) is 0 Å². The van der Waals surface area contributed by atoms with Gasteiger partial charge in [-0.3, -0.25) is 4.79 Å². The maximum absolute atomic E-state index is 13.3. The number of carboxylic acid groups (broad SMARTS) is 2. The molecule has 2 aromatic carbocycles. The van der Waals surface area contributed by atoms with Crippen molar-refractivity contribution >= 4 is 22.7 Å². The molecule has 4 rings (SSSR count). The van der Waals surface area contributed by atoms with Gasteiger partial charge in [-0.2, -0.15) is 5.10 Å². The minimum Gasteiger partial charge on any atom is -0.539 e. The number of nitrogens with zero attached hydrogens (tertiary/aromatic N) is 2. The van der Waals surface area contributed by atoms with Crippen molar-refractivity contribution in [2.45, 2.75) is 25.3 Å². The van der Waals surface area contributed by atoms with Crippen LogP contribution in [0.1, 0.15) is 30.1 Å². The highest BCUT2D eigenvalue weighted by Crippen LogP contribution is 2.21. The summed E-state index contributed by atoms with van der Waals surface area (Å²) in [6, 6.07) is 14.3. The lowest BCUT2D eigenvalue weighted by atomic mass is 10.0. The fourth-order valence-electron chi connectivity index (χ4n) is 4.20. The van der Waals surface area contributed by atoms with Gasteiger partial charge in [0, 0.05) is 31.8 Å². The van der Waals surface area contributed by atoms with Gasteiger partial charge < -0.3 is 24.6 Å². The number of carbonyl (C=O) groups excluding carboxylic acids is 1. The number of ether oxygens (including phenoxy) is 1. The summed E-state index contributed by atoms with van der Waals surface area (Å²) in [4.78, 5) is 32.7. The molecule has 1 aliphatic heterocycles. The van der Waals surface area contributed by atoms with Crippen LogP contribution in [0.5, 0.6) is 0 Å². The smallest absolute Gasteiger partial charge is 0.351 e. The molecule has 0 aliphatic carbocycles. The molecule has 0 atom stereocenters. The van der Waals surface area contributed by atoms with Crippen molar-refractivity contribution in [1.29, 1.82) is 0 Å². The third-order valence-corrected chi connectivity index (χ3v) is 6.03. The second kappa shape index (κ2) is 12.2. The maximum Gasteiger partial charge on any atom is 0.351 e. The fraction of sp³-hybridized carbons (Fsp3) is 0.360.